The molecular weight excluding hydrogens is 423 g/mol. The van der Waals surface area contributed by atoms with E-state index in [0.717, 1.165) is 11.3 Å². The Morgan fingerprint density at radius 2 is 1.82 bits per heavy atom. The first-order valence-electron chi connectivity index (χ1n) is 10.4. The maximum absolute atomic E-state index is 13.5. The molecule has 1 radical (unpaired) electrons. The quantitative estimate of drug-likeness (QED) is 0.484. The minimum Gasteiger partial charge on any atom is -0.344 e. The summed E-state index contributed by atoms with van der Waals surface area (Å²) >= 11 is 0. The summed E-state index contributed by atoms with van der Waals surface area (Å²) in [5, 5.41) is 0. The second-order valence-electron chi connectivity index (χ2n) is 8.16. The van der Waals surface area contributed by atoms with Crippen molar-refractivity contribution < 1.29 is 13.9 Å². The number of nitrogens with two attached hydrogens (primary N) is 1. The zero-order valence-electron chi connectivity index (χ0n) is 17.9. The summed E-state index contributed by atoms with van der Waals surface area (Å²) in [6.07, 6.45) is 4.46. The predicted octanol–water partition coefficient (Wildman–Crippen LogP) is 3.43. The third-order valence-electron chi connectivity index (χ3n) is 5.09. The van der Waals surface area contributed by atoms with Gasteiger partial charge < -0.3 is 20.2 Å². The summed E-state index contributed by atoms with van der Waals surface area (Å²) < 4.78 is 25.1. The standard InChI is InChI=1S/C24H22FN6O2/c1-24(26)13-32-23(33-14-24)22-30-20(15-5-7-16(25)8-6-15)21(31-22)18-9-11-28-19(29-18)12-17-4-2-3-10-27-17/h2-12,23H,13-14,26H2,1H3,(H,30,31). The average molecular weight is 445 g/mol. The Hall–Kier alpha value is -3.53. The summed E-state index contributed by atoms with van der Waals surface area (Å²) in [5.74, 6) is 0.650. The zero-order chi connectivity index (χ0) is 22.8. The van der Waals surface area contributed by atoms with Crippen LogP contribution in [-0.2, 0) is 9.47 Å². The van der Waals surface area contributed by atoms with E-state index in [2.05, 4.69) is 19.9 Å². The first kappa shape index (κ1) is 21.3. The summed E-state index contributed by atoms with van der Waals surface area (Å²) in [7, 11) is 0. The van der Waals surface area contributed by atoms with Crippen LogP contribution in [0.15, 0.2) is 60.9 Å². The lowest BCUT2D eigenvalue weighted by atomic mass is 10.1. The number of hydrogen-bond donors (Lipinski definition) is 2. The molecule has 0 amide bonds. The van der Waals surface area contributed by atoms with Gasteiger partial charge in [0, 0.05) is 18.0 Å². The Morgan fingerprint density at radius 1 is 1.03 bits per heavy atom. The Balaban J connectivity index is 1.52. The number of aromatic nitrogens is 5. The molecule has 1 saturated heterocycles. The van der Waals surface area contributed by atoms with Crippen molar-refractivity contribution in [1.29, 1.82) is 0 Å². The smallest absolute Gasteiger partial charge is 0.217 e. The highest BCUT2D eigenvalue weighted by atomic mass is 19.1. The highest BCUT2D eigenvalue weighted by Gasteiger charge is 2.32. The normalized spacial score (nSPS) is 20.6. The van der Waals surface area contributed by atoms with E-state index in [-0.39, 0.29) is 5.82 Å². The average Bonchev–Trinajstić information content (AvgIpc) is 3.26. The number of aromatic amines is 1. The topological polar surface area (TPSA) is 112 Å². The Morgan fingerprint density at radius 3 is 2.55 bits per heavy atom. The number of nitrogens with one attached hydrogen (secondary N) is 1. The number of benzene rings is 1. The Labute approximate surface area is 190 Å². The van der Waals surface area contributed by atoms with E-state index >= 15 is 0 Å². The number of hydrogen-bond acceptors (Lipinski definition) is 7. The van der Waals surface area contributed by atoms with Crippen molar-refractivity contribution in [2.75, 3.05) is 13.2 Å². The van der Waals surface area contributed by atoms with Crippen molar-refractivity contribution in [1.82, 2.24) is 24.9 Å². The summed E-state index contributed by atoms with van der Waals surface area (Å²) in [6.45, 7) is 2.52. The number of halogens is 1. The molecule has 1 aromatic carbocycles. The number of rotatable bonds is 5. The minimum atomic E-state index is -0.698. The molecule has 3 aromatic heterocycles. The molecule has 0 spiro atoms. The lowest BCUT2D eigenvalue weighted by molar-refractivity contribution is -0.211. The van der Waals surface area contributed by atoms with Crippen LogP contribution in [0.2, 0.25) is 0 Å². The third kappa shape index (κ3) is 4.80. The maximum atomic E-state index is 13.5. The monoisotopic (exact) mass is 445 g/mol. The van der Waals surface area contributed by atoms with Crippen molar-refractivity contribution in [3.05, 3.63) is 90.5 Å². The van der Waals surface area contributed by atoms with E-state index in [0.29, 0.717) is 41.9 Å². The molecule has 167 valence electrons. The van der Waals surface area contributed by atoms with Crippen LogP contribution in [0.3, 0.4) is 0 Å². The lowest BCUT2D eigenvalue weighted by Gasteiger charge is -2.33. The molecule has 9 heteroatoms. The van der Waals surface area contributed by atoms with Gasteiger partial charge in [0.2, 0.25) is 6.29 Å². The second kappa shape index (κ2) is 8.78. The minimum absolute atomic E-state index is 0.327. The van der Waals surface area contributed by atoms with Crippen LogP contribution >= 0.6 is 0 Å². The highest BCUT2D eigenvalue weighted by Crippen LogP contribution is 2.33. The lowest BCUT2D eigenvalue weighted by Crippen LogP contribution is -2.50. The van der Waals surface area contributed by atoms with Gasteiger partial charge in [-0.25, -0.2) is 19.3 Å². The van der Waals surface area contributed by atoms with E-state index in [1.165, 1.54) is 12.1 Å². The van der Waals surface area contributed by atoms with Crippen LogP contribution in [0.4, 0.5) is 4.39 Å². The van der Waals surface area contributed by atoms with Crippen molar-refractivity contribution in [2.45, 2.75) is 18.8 Å². The highest BCUT2D eigenvalue weighted by molar-refractivity contribution is 5.76. The van der Waals surface area contributed by atoms with Crippen molar-refractivity contribution in [3.8, 4) is 22.6 Å². The molecule has 3 N–H and O–H groups in total. The molecule has 1 aliphatic heterocycles. The second-order valence-corrected chi connectivity index (χ2v) is 8.16. The molecule has 1 aliphatic rings. The van der Waals surface area contributed by atoms with E-state index in [1.54, 1.807) is 37.0 Å². The molecule has 4 heterocycles. The SMILES string of the molecule is CC1(N)COC(c2nc(-c3ccc(F)cc3)c(-c3ccnc([CH]c4ccccn4)n3)[nH]2)OC1. The van der Waals surface area contributed by atoms with Gasteiger partial charge >= 0.3 is 0 Å². The van der Waals surface area contributed by atoms with Gasteiger partial charge in [0.25, 0.3) is 0 Å². The van der Waals surface area contributed by atoms with Gasteiger partial charge in [0.05, 0.1) is 47.9 Å². The van der Waals surface area contributed by atoms with Gasteiger partial charge in [0.15, 0.2) is 5.82 Å². The zero-order valence-corrected chi connectivity index (χ0v) is 17.9. The first-order valence-corrected chi connectivity index (χ1v) is 10.4. The Bertz CT molecular complexity index is 1230. The number of ether oxygens (including phenoxy) is 2. The molecule has 4 aromatic rings. The van der Waals surface area contributed by atoms with Gasteiger partial charge in [0.1, 0.15) is 11.6 Å². The number of nitrogens with zero attached hydrogens (tertiary/aromatic N) is 4. The van der Waals surface area contributed by atoms with Gasteiger partial charge in [-0.05, 0) is 49.4 Å². The Kier molecular flexibility index (Phi) is 5.67. The van der Waals surface area contributed by atoms with E-state index in [4.69, 9.17) is 20.2 Å². The van der Waals surface area contributed by atoms with Crippen LogP contribution < -0.4 is 5.73 Å². The van der Waals surface area contributed by atoms with E-state index in [9.17, 15) is 4.39 Å². The molecule has 5 rings (SSSR count). The van der Waals surface area contributed by atoms with Crippen LogP contribution in [0, 0.1) is 12.2 Å². The van der Waals surface area contributed by atoms with Crippen LogP contribution in [-0.4, -0.2) is 43.7 Å². The molecular formula is C24H22FN6O2. The molecule has 0 saturated carbocycles. The van der Waals surface area contributed by atoms with Gasteiger partial charge in [-0.15, -0.1) is 0 Å². The van der Waals surface area contributed by atoms with E-state index in [1.807, 2.05) is 25.1 Å². The summed E-state index contributed by atoms with van der Waals surface area (Å²) in [5.41, 5.74) is 8.85. The van der Waals surface area contributed by atoms with Crippen molar-refractivity contribution in [3.63, 3.8) is 0 Å². The number of H-pyrrole nitrogens is 1. The number of pyridine rings is 1. The largest absolute Gasteiger partial charge is 0.344 e. The molecule has 0 unspecified atom stereocenters. The fourth-order valence-corrected chi connectivity index (χ4v) is 3.46. The van der Waals surface area contributed by atoms with E-state index < -0.39 is 11.8 Å². The summed E-state index contributed by atoms with van der Waals surface area (Å²) in [6, 6.07) is 13.5. The third-order valence-corrected chi connectivity index (χ3v) is 5.09. The van der Waals surface area contributed by atoms with Gasteiger partial charge in [-0.3, -0.25) is 4.98 Å². The molecule has 0 aliphatic carbocycles. The summed E-state index contributed by atoms with van der Waals surface area (Å²) in [4.78, 5) is 21.3. The fourth-order valence-electron chi connectivity index (χ4n) is 3.46. The predicted molar refractivity (Wildman–Crippen MR) is 119 cm³/mol. The molecule has 8 nitrogen and oxygen atoms in total. The van der Waals surface area contributed by atoms with Gasteiger partial charge in [-0.2, -0.15) is 0 Å². The molecule has 33 heavy (non-hydrogen) atoms. The molecule has 0 atom stereocenters. The molecule has 1 fully saturated rings. The van der Waals surface area contributed by atoms with Crippen LogP contribution in [0.25, 0.3) is 22.6 Å². The van der Waals surface area contributed by atoms with Crippen LogP contribution in [0.5, 0.6) is 0 Å². The van der Waals surface area contributed by atoms with Crippen molar-refractivity contribution >= 4 is 0 Å². The first-order chi connectivity index (χ1) is 16.0. The maximum Gasteiger partial charge on any atom is 0.217 e. The van der Waals surface area contributed by atoms with Crippen LogP contribution in [0.1, 0.15) is 30.6 Å². The van der Waals surface area contributed by atoms with Crippen molar-refractivity contribution in [2.24, 2.45) is 5.73 Å². The molecule has 0 bridgehead atoms. The van der Waals surface area contributed by atoms with Gasteiger partial charge in [-0.1, -0.05) is 6.07 Å². The number of imidazole rings is 1. The fraction of sp³-hybridized carbons (Fsp3) is 0.208.